The van der Waals surface area contributed by atoms with E-state index in [0.717, 1.165) is 41.2 Å². The molecule has 0 radical (unpaired) electrons. The molecule has 1 aliphatic rings. The van der Waals surface area contributed by atoms with E-state index in [2.05, 4.69) is 9.88 Å². The summed E-state index contributed by atoms with van der Waals surface area (Å²) in [7, 11) is 1.66. The molecule has 1 N–H and O–H groups in total. The van der Waals surface area contributed by atoms with Crippen LogP contribution in [0.5, 0.6) is 5.75 Å². The normalized spacial score (nSPS) is 14.5. The Labute approximate surface area is 182 Å². The van der Waals surface area contributed by atoms with Gasteiger partial charge in [0.1, 0.15) is 5.75 Å². The van der Waals surface area contributed by atoms with Gasteiger partial charge in [0.25, 0.3) is 5.91 Å². The lowest BCUT2D eigenvalue weighted by atomic mass is 9.95. The van der Waals surface area contributed by atoms with E-state index in [4.69, 9.17) is 16.3 Å². The second-order valence-corrected chi connectivity index (χ2v) is 8.32. The van der Waals surface area contributed by atoms with Crippen LogP contribution in [0.1, 0.15) is 48.2 Å². The van der Waals surface area contributed by atoms with E-state index in [9.17, 15) is 4.79 Å². The molecule has 0 aliphatic heterocycles. The zero-order valence-electron chi connectivity index (χ0n) is 17.5. The standard InChI is InChI=1S/C25H27ClN2O2/c1-17-23(25(29)27-20-7-4-3-5-8-20)16-24(18-11-13-19(26)14-12-18)28(17)21-9-6-10-22(15-21)30-2/h6,9-16,20H,3-5,7-8H2,1-2H3,(H,27,29). The molecule has 4 rings (SSSR count). The Morgan fingerprint density at radius 1 is 1.07 bits per heavy atom. The SMILES string of the molecule is COc1cccc(-n2c(-c3ccc(Cl)cc3)cc(C(=O)NC3CCCCC3)c2C)c1. The molecule has 1 saturated carbocycles. The molecule has 0 spiro atoms. The second-order valence-electron chi connectivity index (χ2n) is 7.88. The molecule has 1 heterocycles. The van der Waals surface area contributed by atoms with Crippen molar-refractivity contribution < 1.29 is 9.53 Å². The number of rotatable bonds is 5. The third-order valence-corrected chi connectivity index (χ3v) is 6.14. The number of hydrogen-bond acceptors (Lipinski definition) is 2. The molecule has 0 atom stereocenters. The quantitative estimate of drug-likeness (QED) is 0.533. The molecule has 3 aromatic rings. The highest BCUT2D eigenvalue weighted by atomic mass is 35.5. The van der Waals surface area contributed by atoms with E-state index in [1.54, 1.807) is 7.11 Å². The van der Waals surface area contributed by atoms with Crippen molar-refractivity contribution in [2.75, 3.05) is 7.11 Å². The van der Waals surface area contributed by atoms with Gasteiger partial charge in [-0.2, -0.15) is 0 Å². The minimum Gasteiger partial charge on any atom is -0.497 e. The highest BCUT2D eigenvalue weighted by molar-refractivity contribution is 6.30. The fourth-order valence-electron chi connectivity index (χ4n) is 4.26. The maximum atomic E-state index is 13.2. The zero-order valence-corrected chi connectivity index (χ0v) is 18.2. The van der Waals surface area contributed by atoms with Crippen LogP contribution in [0.4, 0.5) is 0 Å². The van der Waals surface area contributed by atoms with Crippen molar-refractivity contribution in [1.82, 2.24) is 9.88 Å². The minimum absolute atomic E-state index is 0.00346. The summed E-state index contributed by atoms with van der Waals surface area (Å²) in [4.78, 5) is 13.2. The van der Waals surface area contributed by atoms with Gasteiger partial charge < -0.3 is 14.6 Å². The van der Waals surface area contributed by atoms with Crippen LogP contribution in [0.25, 0.3) is 16.9 Å². The molecular weight excluding hydrogens is 396 g/mol. The Morgan fingerprint density at radius 3 is 2.50 bits per heavy atom. The van der Waals surface area contributed by atoms with Crippen LogP contribution >= 0.6 is 11.6 Å². The zero-order chi connectivity index (χ0) is 21.1. The lowest BCUT2D eigenvalue weighted by Crippen LogP contribution is -2.36. The van der Waals surface area contributed by atoms with Gasteiger partial charge in [0.2, 0.25) is 0 Å². The predicted octanol–water partition coefficient (Wildman–Crippen LogP) is 6.18. The fraction of sp³-hybridized carbons (Fsp3) is 0.320. The number of methoxy groups -OCH3 is 1. The summed E-state index contributed by atoms with van der Waals surface area (Å²) in [6.45, 7) is 1.99. The van der Waals surface area contributed by atoms with Crippen molar-refractivity contribution in [3.05, 3.63) is 70.9 Å². The number of ether oxygens (including phenoxy) is 1. The van der Waals surface area contributed by atoms with E-state index < -0.39 is 0 Å². The highest BCUT2D eigenvalue weighted by Crippen LogP contribution is 2.32. The number of amides is 1. The Hall–Kier alpha value is -2.72. The first-order valence-electron chi connectivity index (χ1n) is 10.5. The van der Waals surface area contributed by atoms with Gasteiger partial charge in [-0.25, -0.2) is 0 Å². The van der Waals surface area contributed by atoms with E-state index >= 15 is 0 Å². The van der Waals surface area contributed by atoms with Gasteiger partial charge in [0.05, 0.1) is 18.4 Å². The number of aromatic nitrogens is 1. The average molecular weight is 423 g/mol. The van der Waals surface area contributed by atoms with Gasteiger partial charge in [-0.3, -0.25) is 4.79 Å². The smallest absolute Gasteiger partial charge is 0.253 e. The lowest BCUT2D eigenvalue weighted by Gasteiger charge is -2.22. The Bertz CT molecular complexity index is 1030. The maximum Gasteiger partial charge on any atom is 0.253 e. The first-order chi connectivity index (χ1) is 14.6. The number of nitrogens with one attached hydrogen (secondary N) is 1. The van der Waals surface area contributed by atoms with Crippen molar-refractivity contribution in [1.29, 1.82) is 0 Å². The molecule has 156 valence electrons. The number of hydrogen-bond donors (Lipinski definition) is 1. The van der Waals surface area contributed by atoms with Crippen LogP contribution in [-0.4, -0.2) is 23.6 Å². The van der Waals surface area contributed by atoms with E-state index in [1.165, 1.54) is 19.3 Å². The first-order valence-corrected chi connectivity index (χ1v) is 10.9. The Balaban J connectivity index is 1.78. The summed E-state index contributed by atoms with van der Waals surface area (Å²) in [5.74, 6) is 0.770. The molecule has 2 aromatic carbocycles. The van der Waals surface area contributed by atoms with E-state index in [0.29, 0.717) is 10.6 Å². The summed E-state index contributed by atoms with van der Waals surface area (Å²) in [5, 5.41) is 3.94. The summed E-state index contributed by atoms with van der Waals surface area (Å²) < 4.78 is 7.53. The maximum absolute atomic E-state index is 13.2. The molecule has 1 aliphatic carbocycles. The Kier molecular flexibility index (Phi) is 6.14. The molecule has 1 fully saturated rings. The molecule has 0 saturated heterocycles. The molecular formula is C25H27ClN2O2. The summed E-state index contributed by atoms with van der Waals surface area (Å²) in [6.07, 6.45) is 5.75. The van der Waals surface area contributed by atoms with Crippen molar-refractivity contribution in [3.8, 4) is 22.7 Å². The molecule has 0 unspecified atom stereocenters. The minimum atomic E-state index is -0.00346. The van der Waals surface area contributed by atoms with E-state index in [1.807, 2.05) is 61.5 Å². The van der Waals surface area contributed by atoms with Gasteiger partial charge >= 0.3 is 0 Å². The molecule has 30 heavy (non-hydrogen) atoms. The molecule has 0 bridgehead atoms. The van der Waals surface area contributed by atoms with Gasteiger partial charge in [0, 0.05) is 28.5 Å². The van der Waals surface area contributed by atoms with E-state index in [-0.39, 0.29) is 11.9 Å². The number of carbonyl (C=O) groups is 1. The van der Waals surface area contributed by atoms with Crippen molar-refractivity contribution in [3.63, 3.8) is 0 Å². The van der Waals surface area contributed by atoms with Crippen LogP contribution in [0.2, 0.25) is 5.02 Å². The molecule has 1 aromatic heterocycles. The number of benzene rings is 2. The third-order valence-electron chi connectivity index (χ3n) is 5.88. The largest absolute Gasteiger partial charge is 0.497 e. The average Bonchev–Trinajstić information content (AvgIpc) is 3.12. The van der Waals surface area contributed by atoms with Crippen LogP contribution in [0.3, 0.4) is 0 Å². The Morgan fingerprint density at radius 2 is 1.80 bits per heavy atom. The van der Waals surface area contributed by atoms with Gasteiger partial charge in [0.15, 0.2) is 0 Å². The van der Waals surface area contributed by atoms with Gasteiger partial charge in [-0.1, -0.05) is 49.1 Å². The van der Waals surface area contributed by atoms with Crippen LogP contribution in [0.15, 0.2) is 54.6 Å². The van der Waals surface area contributed by atoms with Crippen molar-refractivity contribution in [2.24, 2.45) is 0 Å². The van der Waals surface area contributed by atoms with Gasteiger partial charge in [-0.05, 0) is 55.7 Å². The number of carbonyl (C=O) groups excluding carboxylic acids is 1. The summed E-state index contributed by atoms with van der Waals surface area (Å²) >= 11 is 6.10. The van der Waals surface area contributed by atoms with Crippen LogP contribution < -0.4 is 10.1 Å². The lowest BCUT2D eigenvalue weighted by molar-refractivity contribution is 0.0927. The number of nitrogens with zero attached hydrogens (tertiary/aromatic N) is 1. The predicted molar refractivity (Wildman–Crippen MR) is 122 cm³/mol. The molecule has 5 heteroatoms. The van der Waals surface area contributed by atoms with Gasteiger partial charge in [-0.15, -0.1) is 0 Å². The van der Waals surface area contributed by atoms with Crippen LogP contribution in [0, 0.1) is 6.92 Å². The summed E-state index contributed by atoms with van der Waals surface area (Å²) in [5.41, 5.74) is 4.51. The van der Waals surface area contributed by atoms with Crippen molar-refractivity contribution in [2.45, 2.75) is 45.1 Å². The third kappa shape index (κ3) is 4.24. The first kappa shape index (κ1) is 20.5. The second kappa shape index (κ2) is 8.97. The van der Waals surface area contributed by atoms with Crippen molar-refractivity contribution >= 4 is 17.5 Å². The topological polar surface area (TPSA) is 43.3 Å². The fourth-order valence-corrected chi connectivity index (χ4v) is 4.39. The monoisotopic (exact) mass is 422 g/mol. The molecule has 1 amide bonds. The van der Waals surface area contributed by atoms with Crippen LogP contribution in [-0.2, 0) is 0 Å². The summed E-state index contributed by atoms with van der Waals surface area (Å²) in [6, 6.07) is 17.8. The molecule has 4 nitrogen and oxygen atoms in total. The highest BCUT2D eigenvalue weighted by Gasteiger charge is 2.23. The number of halogens is 1.